The summed E-state index contributed by atoms with van der Waals surface area (Å²) < 4.78 is 37.3. The number of rotatable bonds is 7. The second-order valence-electron chi connectivity index (χ2n) is 9.93. The van der Waals surface area contributed by atoms with Crippen LogP contribution < -0.4 is 4.74 Å². The summed E-state index contributed by atoms with van der Waals surface area (Å²) in [4.78, 5) is 6.04. The molecule has 8 heteroatoms. The van der Waals surface area contributed by atoms with Crippen LogP contribution in [0.2, 0.25) is 0 Å². The summed E-state index contributed by atoms with van der Waals surface area (Å²) in [6, 6.07) is 22.0. The van der Waals surface area contributed by atoms with Gasteiger partial charge in [0.15, 0.2) is 12.1 Å². The molecule has 5 atom stereocenters. The Bertz CT molecular complexity index is 1290. The zero-order valence-electron chi connectivity index (χ0n) is 21.6. The maximum Gasteiger partial charge on any atom is 0.190 e. The van der Waals surface area contributed by atoms with Crippen molar-refractivity contribution in [2.24, 2.45) is 4.99 Å². The van der Waals surface area contributed by atoms with Crippen LogP contribution in [-0.4, -0.2) is 55.9 Å². The van der Waals surface area contributed by atoms with Gasteiger partial charge in [-0.1, -0.05) is 36.4 Å². The van der Waals surface area contributed by atoms with Crippen molar-refractivity contribution in [3.8, 4) is 5.75 Å². The highest BCUT2D eigenvalue weighted by Gasteiger charge is 2.58. The summed E-state index contributed by atoms with van der Waals surface area (Å²) in [5, 5.41) is 2.05. The van der Waals surface area contributed by atoms with Gasteiger partial charge in [0, 0.05) is 11.6 Å². The average molecular weight is 534 g/mol. The van der Waals surface area contributed by atoms with Crippen LogP contribution in [0.1, 0.15) is 29.9 Å². The lowest BCUT2D eigenvalue weighted by Gasteiger charge is -2.30. The summed E-state index contributed by atoms with van der Waals surface area (Å²) in [6.07, 6.45) is -0.182. The monoisotopic (exact) mass is 533 g/mol. The van der Waals surface area contributed by atoms with E-state index in [1.807, 2.05) is 86.0 Å². The maximum atomic E-state index is 6.68. The minimum Gasteiger partial charge on any atom is -0.497 e. The number of hydrogen-bond donors (Lipinski definition) is 0. The molecular formula is C30H31NO6S. The van der Waals surface area contributed by atoms with Gasteiger partial charge in [0.25, 0.3) is 0 Å². The molecule has 2 aromatic carbocycles. The van der Waals surface area contributed by atoms with E-state index < -0.39 is 30.4 Å². The van der Waals surface area contributed by atoms with Crippen LogP contribution in [0.4, 0.5) is 0 Å². The molecule has 3 aliphatic rings. The lowest BCUT2D eigenvalue weighted by Crippen LogP contribution is -2.44. The number of methoxy groups -OCH3 is 1. The van der Waals surface area contributed by atoms with Crippen LogP contribution in [0.3, 0.4) is 0 Å². The SMILES string of the molecule is COc1ccc(C2=CC(c3cccs3)=NC[C@@H]([C@H]3O[C@@H]4OC(C)(C)O[C@@H]4[C@H]3OCc3ccccc3)O2)cc1. The summed E-state index contributed by atoms with van der Waals surface area (Å²) in [7, 11) is 1.66. The Morgan fingerprint density at radius 1 is 0.974 bits per heavy atom. The number of hydrogen-bond acceptors (Lipinski definition) is 8. The Hall–Kier alpha value is -3.01. The molecule has 38 heavy (non-hydrogen) atoms. The van der Waals surface area contributed by atoms with E-state index in [1.54, 1.807) is 18.4 Å². The first-order chi connectivity index (χ1) is 18.5. The highest BCUT2D eigenvalue weighted by Crippen LogP contribution is 2.41. The molecule has 2 saturated heterocycles. The second-order valence-corrected chi connectivity index (χ2v) is 10.9. The molecule has 3 aliphatic heterocycles. The zero-order chi connectivity index (χ0) is 26.1. The van der Waals surface area contributed by atoms with Crippen molar-refractivity contribution in [1.82, 2.24) is 0 Å². The number of benzene rings is 2. The van der Waals surface area contributed by atoms with Gasteiger partial charge in [-0.25, -0.2) is 0 Å². The van der Waals surface area contributed by atoms with Gasteiger partial charge in [-0.3, -0.25) is 4.99 Å². The first-order valence-corrected chi connectivity index (χ1v) is 13.6. The first kappa shape index (κ1) is 25.3. The number of allylic oxidation sites excluding steroid dienone is 1. The van der Waals surface area contributed by atoms with Crippen LogP contribution in [0.15, 0.2) is 83.2 Å². The third kappa shape index (κ3) is 5.28. The number of fused-ring (bicyclic) bond motifs is 1. The molecule has 0 N–H and O–H groups in total. The Balaban J connectivity index is 1.31. The van der Waals surface area contributed by atoms with Crippen molar-refractivity contribution in [3.05, 3.63) is 94.2 Å². The molecular weight excluding hydrogens is 502 g/mol. The van der Waals surface area contributed by atoms with Crippen molar-refractivity contribution in [2.75, 3.05) is 13.7 Å². The van der Waals surface area contributed by atoms with Gasteiger partial charge in [-0.2, -0.15) is 0 Å². The van der Waals surface area contributed by atoms with Gasteiger partial charge < -0.3 is 28.4 Å². The van der Waals surface area contributed by atoms with Crippen LogP contribution in [0.25, 0.3) is 5.76 Å². The number of aliphatic imine (C=N–C) groups is 1. The zero-order valence-corrected chi connectivity index (χ0v) is 22.4. The van der Waals surface area contributed by atoms with Gasteiger partial charge >= 0.3 is 0 Å². The Labute approximate surface area is 226 Å². The van der Waals surface area contributed by atoms with Gasteiger partial charge in [0.2, 0.25) is 0 Å². The number of thiophene rings is 1. The summed E-state index contributed by atoms with van der Waals surface area (Å²) >= 11 is 1.65. The Kier molecular flexibility index (Phi) is 7.07. The minimum absolute atomic E-state index is 0.375. The Morgan fingerprint density at radius 3 is 2.53 bits per heavy atom. The molecule has 198 valence electrons. The van der Waals surface area contributed by atoms with Crippen molar-refractivity contribution in [2.45, 2.75) is 56.9 Å². The first-order valence-electron chi connectivity index (χ1n) is 12.8. The quantitative estimate of drug-likeness (QED) is 0.403. The van der Waals surface area contributed by atoms with Gasteiger partial charge in [0.05, 0.1) is 30.9 Å². The van der Waals surface area contributed by atoms with E-state index in [2.05, 4.69) is 6.07 Å². The molecule has 2 fully saturated rings. The fourth-order valence-electron chi connectivity index (χ4n) is 5.00. The van der Waals surface area contributed by atoms with Gasteiger partial charge in [-0.15, -0.1) is 11.3 Å². The molecule has 6 rings (SSSR count). The topological polar surface area (TPSA) is 67.7 Å². The summed E-state index contributed by atoms with van der Waals surface area (Å²) in [5.74, 6) is 0.745. The van der Waals surface area contributed by atoms with E-state index in [0.29, 0.717) is 18.9 Å². The van der Waals surface area contributed by atoms with E-state index in [1.165, 1.54) is 0 Å². The highest BCUT2D eigenvalue weighted by atomic mass is 32.1. The average Bonchev–Trinajstić information content (AvgIpc) is 3.59. The summed E-state index contributed by atoms with van der Waals surface area (Å²) in [5.41, 5.74) is 2.88. The largest absolute Gasteiger partial charge is 0.497 e. The lowest BCUT2D eigenvalue weighted by molar-refractivity contribution is -0.229. The van der Waals surface area contributed by atoms with Crippen LogP contribution >= 0.6 is 11.3 Å². The maximum absolute atomic E-state index is 6.68. The molecule has 3 aromatic rings. The second kappa shape index (κ2) is 10.6. The predicted molar refractivity (Wildman–Crippen MR) is 145 cm³/mol. The van der Waals surface area contributed by atoms with E-state index >= 15 is 0 Å². The highest BCUT2D eigenvalue weighted by molar-refractivity contribution is 7.12. The smallest absolute Gasteiger partial charge is 0.190 e. The molecule has 0 spiro atoms. The van der Waals surface area contributed by atoms with E-state index in [4.69, 9.17) is 33.4 Å². The molecule has 0 radical (unpaired) electrons. The molecule has 0 amide bonds. The third-order valence-electron chi connectivity index (χ3n) is 6.81. The molecule has 0 saturated carbocycles. The molecule has 1 aromatic heterocycles. The van der Waals surface area contributed by atoms with Crippen LogP contribution in [0, 0.1) is 0 Å². The van der Waals surface area contributed by atoms with Crippen molar-refractivity contribution in [3.63, 3.8) is 0 Å². The standard InChI is InChI=1S/C30H31NO6S/c1-30(2)36-28-27(33-18-19-8-5-4-6-9-19)26(35-29(28)37-30)24-17-31-22(25-10-7-15-38-25)16-23(34-24)20-11-13-21(32-3)14-12-20/h4-16,24,26-29H,17-18H2,1-3H3/t24-,26+,27-,28+,29+/m0/s1. The molecule has 0 unspecified atom stereocenters. The van der Waals surface area contributed by atoms with Crippen LogP contribution in [-0.2, 0) is 30.3 Å². The fraction of sp³-hybridized carbons (Fsp3) is 0.367. The third-order valence-corrected chi connectivity index (χ3v) is 7.71. The Morgan fingerprint density at radius 2 is 1.79 bits per heavy atom. The van der Waals surface area contributed by atoms with Crippen molar-refractivity contribution in [1.29, 1.82) is 0 Å². The van der Waals surface area contributed by atoms with Gasteiger partial charge in [0.1, 0.15) is 35.9 Å². The van der Waals surface area contributed by atoms with Crippen LogP contribution in [0.5, 0.6) is 5.75 Å². The minimum atomic E-state index is -0.752. The van der Waals surface area contributed by atoms with E-state index in [9.17, 15) is 0 Å². The van der Waals surface area contributed by atoms with Crippen molar-refractivity contribution >= 4 is 22.8 Å². The molecule has 0 bridgehead atoms. The predicted octanol–water partition coefficient (Wildman–Crippen LogP) is 5.45. The molecule has 0 aliphatic carbocycles. The van der Waals surface area contributed by atoms with E-state index in [0.717, 1.165) is 27.5 Å². The summed E-state index contributed by atoms with van der Waals surface area (Å²) in [6.45, 7) is 4.61. The molecule has 4 heterocycles. The van der Waals surface area contributed by atoms with E-state index in [-0.39, 0.29) is 6.10 Å². The normalized spacial score (nSPS) is 28.1. The fourth-order valence-corrected chi connectivity index (χ4v) is 5.71. The molecule has 7 nitrogen and oxygen atoms in total. The lowest BCUT2D eigenvalue weighted by atomic mass is 10.0. The number of nitrogens with zero attached hydrogens (tertiary/aromatic N) is 1. The number of ether oxygens (including phenoxy) is 6. The van der Waals surface area contributed by atoms with Crippen molar-refractivity contribution < 1.29 is 28.4 Å². The van der Waals surface area contributed by atoms with Gasteiger partial charge in [-0.05, 0) is 55.1 Å².